The molecule has 8 heteroatoms. The van der Waals surface area contributed by atoms with Gasteiger partial charge in [-0.05, 0) is 98.2 Å². The molecule has 0 aliphatic rings. The van der Waals surface area contributed by atoms with E-state index in [1.807, 2.05) is 20.8 Å². The summed E-state index contributed by atoms with van der Waals surface area (Å²) < 4.78 is 17.0. The molecule has 0 unspecified atom stereocenters. The van der Waals surface area contributed by atoms with Crippen LogP contribution in [0.2, 0.25) is 0 Å². The molecule has 0 aromatic rings. The first-order chi connectivity index (χ1) is 30.1. The van der Waals surface area contributed by atoms with Crippen molar-refractivity contribution in [2.24, 2.45) is 11.8 Å². The van der Waals surface area contributed by atoms with Crippen LogP contribution in [0.15, 0.2) is 0 Å². The maximum atomic E-state index is 12.9. The van der Waals surface area contributed by atoms with Gasteiger partial charge in [-0.2, -0.15) is 0 Å². The second-order valence-electron chi connectivity index (χ2n) is 19.7. The summed E-state index contributed by atoms with van der Waals surface area (Å²) in [4.78, 5) is 40.5. The predicted molar refractivity (Wildman–Crippen MR) is 264 cm³/mol. The molecule has 0 spiro atoms. The number of esters is 2. The van der Waals surface area contributed by atoms with Crippen LogP contribution in [0.3, 0.4) is 0 Å². The number of unbranched alkanes of at least 4 members (excludes halogenated alkanes) is 24. The van der Waals surface area contributed by atoms with Gasteiger partial charge in [-0.25, -0.2) is 4.79 Å². The van der Waals surface area contributed by atoms with Crippen LogP contribution in [0.5, 0.6) is 0 Å². The van der Waals surface area contributed by atoms with Gasteiger partial charge in [0.1, 0.15) is 5.60 Å². The molecule has 8 nitrogen and oxygen atoms in total. The lowest BCUT2D eigenvalue weighted by atomic mass is 9.94. The van der Waals surface area contributed by atoms with Crippen molar-refractivity contribution in [3.63, 3.8) is 0 Å². The van der Waals surface area contributed by atoms with Crippen LogP contribution in [0.1, 0.15) is 273 Å². The van der Waals surface area contributed by atoms with Crippen LogP contribution in [0, 0.1) is 11.8 Å². The number of nitrogens with zero attached hydrogens (tertiary/aromatic N) is 1. The summed E-state index contributed by atoms with van der Waals surface area (Å²) in [5, 5.41) is 2.93. The Balaban J connectivity index is 4.43. The second-order valence-corrected chi connectivity index (χ2v) is 19.7. The van der Waals surface area contributed by atoms with Gasteiger partial charge in [-0.15, -0.1) is 0 Å². The maximum absolute atomic E-state index is 12.9. The number of rotatable bonds is 46. The molecular formula is C54H106N2O6. The highest BCUT2D eigenvalue weighted by molar-refractivity contribution is 5.72. The predicted octanol–water partition coefficient (Wildman–Crippen LogP) is 15.9. The number of hydrogen-bond donors (Lipinski definition) is 1. The van der Waals surface area contributed by atoms with Crippen molar-refractivity contribution >= 4 is 18.0 Å². The summed E-state index contributed by atoms with van der Waals surface area (Å²) in [7, 11) is 0. The summed E-state index contributed by atoms with van der Waals surface area (Å²) >= 11 is 0. The quantitative estimate of drug-likeness (QED) is 0.0370. The third-order valence-corrected chi connectivity index (χ3v) is 12.3. The molecule has 0 radical (unpaired) electrons. The van der Waals surface area contributed by atoms with Gasteiger partial charge in [0.05, 0.1) is 25.0 Å². The molecule has 0 bridgehead atoms. The lowest BCUT2D eigenvalue weighted by Gasteiger charge is -2.23. The smallest absolute Gasteiger partial charge is 0.407 e. The minimum Gasteiger partial charge on any atom is -0.465 e. The highest BCUT2D eigenvalue weighted by Crippen LogP contribution is 2.22. The number of nitrogens with one attached hydrogen (secondary N) is 1. The fourth-order valence-corrected chi connectivity index (χ4v) is 8.40. The van der Waals surface area contributed by atoms with Crippen molar-refractivity contribution in [2.45, 2.75) is 279 Å². The Bertz CT molecular complexity index is 916. The SMILES string of the molecule is CCCCCCC(CCCCCC)C(=O)OCCCCCCCCCN(CCCCCCCCCOC(=O)C(CCCCCC)CCCCCC)CCCNC(=O)OC(C)(C)C. The third kappa shape index (κ3) is 40.9. The van der Waals surface area contributed by atoms with Gasteiger partial charge in [-0.1, -0.05) is 195 Å². The molecule has 62 heavy (non-hydrogen) atoms. The number of hydrogen-bond acceptors (Lipinski definition) is 7. The van der Waals surface area contributed by atoms with E-state index >= 15 is 0 Å². The first-order valence-corrected chi connectivity index (χ1v) is 27.1. The number of carbonyl (C=O) groups excluding carboxylic acids is 3. The van der Waals surface area contributed by atoms with Crippen LogP contribution in [0.25, 0.3) is 0 Å². The van der Waals surface area contributed by atoms with E-state index in [2.05, 4.69) is 37.9 Å². The van der Waals surface area contributed by atoms with E-state index in [4.69, 9.17) is 14.2 Å². The summed E-state index contributed by atoms with van der Waals surface area (Å²) in [6, 6.07) is 0. The molecule has 368 valence electrons. The van der Waals surface area contributed by atoms with Crippen molar-refractivity contribution in [3.05, 3.63) is 0 Å². The maximum Gasteiger partial charge on any atom is 0.407 e. The van der Waals surface area contributed by atoms with Crippen LogP contribution in [0.4, 0.5) is 4.79 Å². The first-order valence-electron chi connectivity index (χ1n) is 27.1. The normalized spacial score (nSPS) is 11.8. The molecule has 0 aliphatic heterocycles. The minimum atomic E-state index is -0.482. The molecule has 1 N–H and O–H groups in total. The topological polar surface area (TPSA) is 94.2 Å². The molecule has 1 amide bonds. The van der Waals surface area contributed by atoms with Gasteiger partial charge >= 0.3 is 18.0 Å². The van der Waals surface area contributed by atoms with Gasteiger partial charge in [-0.3, -0.25) is 9.59 Å². The van der Waals surface area contributed by atoms with E-state index in [0.717, 1.165) is 103 Å². The van der Waals surface area contributed by atoms with Gasteiger partial charge in [0.2, 0.25) is 0 Å². The molecule has 0 fully saturated rings. The first kappa shape index (κ1) is 60.2. The lowest BCUT2D eigenvalue weighted by Crippen LogP contribution is -2.35. The van der Waals surface area contributed by atoms with E-state index in [1.165, 1.54) is 141 Å². The number of amides is 1. The Hall–Kier alpha value is -1.83. The van der Waals surface area contributed by atoms with E-state index in [0.29, 0.717) is 19.8 Å². The highest BCUT2D eigenvalue weighted by atomic mass is 16.6. The molecule has 0 saturated carbocycles. The van der Waals surface area contributed by atoms with Crippen molar-refractivity contribution in [3.8, 4) is 0 Å². The zero-order valence-corrected chi connectivity index (χ0v) is 42.5. The van der Waals surface area contributed by atoms with Crippen molar-refractivity contribution < 1.29 is 28.6 Å². The van der Waals surface area contributed by atoms with Crippen LogP contribution < -0.4 is 5.32 Å². The minimum absolute atomic E-state index is 0.0547. The van der Waals surface area contributed by atoms with Crippen LogP contribution in [-0.4, -0.2) is 67.9 Å². The average Bonchev–Trinajstić information content (AvgIpc) is 3.24. The Labute approximate surface area is 385 Å². The summed E-state index contributed by atoms with van der Waals surface area (Å²) in [6.07, 6.45) is 40.5. The molecule has 0 atom stereocenters. The van der Waals surface area contributed by atoms with E-state index in [9.17, 15) is 14.4 Å². The van der Waals surface area contributed by atoms with E-state index in [1.54, 1.807) is 0 Å². The monoisotopic (exact) mass is 879 g/mol. The molecule has 0 saturated heterocycles. The Morgan fingerprint density at radius 3 is 1.06 bits per heavy atom. The van der Waals surface area contributed by atoms with Gasteiger partial charge < -0.3 is 24.4 Å². The van der Waals surface area contributed by atoms with E-state index < -0.39 is 5.60 Å². The summed E-state index contributed by atoms with van der Waals surface area (Å²) in [6.45, 7) is 19.6. The number of carbonyl (C=O) groups is 3. The Morgan fingerprint density at radius 1 is 0.419 bits per heavy atom. The molecule has 0 aliphatic carbocycles. The van der Waals surface area contributed by atoms with Crippen LogP contribution >= 0.6 is 0 Å². The Morgan fingerprint density at radius 2 is 0.726 bits per heavy atom. The van der Waals surface area contributed by atoms with Crippen molar-refractivity contribution in [1.82, 2.24) is 10.2 Å². The van der Waals surface area contributed by atoms with E-state index in [-0.39, 0.29) is 29.9 Å². The average molecular weight is 879 g/mol. The fraction of sp³-hybridized carbons (Fsp3) is 0.944. The number of alkyl carbamates (subject to hydrolysis) is 1. The zero-order chi connectivity index (χ0) is 45.8. The van der Waals surface area contributed by atoms with Crippen molar-refractivity contribution in [1.29, 1.82) is 0 Å². The largest absolute Gasteiger partial charge is 0.465 e. The fourth-order valence-electron chi connectivity index (χ4n) is 8.40. The molecule has 0 heterocycles. The molecule has 0 aromatic carbocycles. The summed E-state index contributed by atoms with van der Waals surface area (Å²) in [5.74, 6) is 0.300. The van der Waals surface area contributed by atoms with Crippen molar-refractivity contribution in [2.75, 3.05) is 39.4 Å². The van der Waals surface area contributed by atoms with Gasteiger partial charge in [0, 0.05) is 6.54 Å². The number of ether oxygens (including phenoxy) is 3. The van der Waals surface area contributed by atoms with Gasteiger partial charge in [0.15, 0.2) is 0 Å². The second kappa shape index (κ2) is 44.4. The highest BCUT2D eigenvalue weighted by Gasteiger charge is 2.21. The molecule has 0 rings (SSSR count). The third-order valence-electron chi connectivity index (χ3n) is 12.3. The van der Waals surface area contributed by atoms with Gasteiger partial charge in [0.25, 0.3) is 0 Å². The molecule has 0 aromatic heterocycles. The molecular weight excluding hydrogens is 773 g/mol. The standard InChI is InChI=1S/C54H106N2O6/c1-8-12-16-30-39-49(40-31-17-13-9-2)51(57)60-47-36-28-24-20-22-26-34-44-56(46-38-43-55-53(59)62-54(5,6)7)45-35-27-23-21-25-29-37-48-61-52(58)50(41-32-18-14-10-3)42-33-19-15-11-4/h49-50H,8-48H2,1-7H3,(H,55,59). The Kier molecular flexibility index (Phi) is 43.1. The van der Waals surface area contributed by atoms with Crippen LogP contribution in [-0.2, 0) is 23.8 Å². The summed E-state index contributed by atoms with van der Waals surface area (Å²) in [5.41, 5.74) is -0.482. The lowest BCUT2D eigenvalue weighted by molar-refractivity contribution is -0.150. The zero-order valence-electron chi connectivity index (χ0n) is 42.5.